The molecule has 1 rings (SSSR count). The fourth-order valence-electron chi connectivity index (χ4n) is 1.71. The Morgan fingerprint density at radius 1 is 1.50 bits per heavy atom. The largest absolute Gasteiger partial charge is 0.469 e. The van der Waals surface area contributed by atoms with Crippen LogP contribution in [0.15, 0.2) is 0 Å². The summed E-state index contributed by atoms with van der Waals surface area (Å²) in [6.45, 7) is 2.54. The Labute approximate surface area is 96.1 Å². The molecule has 0 bridgehead atoms. The molecule has 1 fully saturated rings. The number of carbonyl (C=O) groups excluding carboxylic acids is 1. The second-order valence-corrected chi connectivity index (χ2v) is 4.19. The summed E-state index contributed by atoms with van der Waals surface area (Å²) >= 11 is 0. The fourth-order valence-corrected chi connectivity index (χ4v) is 1.71. The normalized spacial score (nSPS) is 19.4. The van der Waals surface area contributed by atoms with Crippen molar-refractivity contribution < 1.29 is 19.4 Å². The van der Waals surface area contributed by atoms with Gasteiger partial charge in [-0.15, -0.1) is 0 Å². The van der Waals surface area contributed by atoms with Gasteiger partial charge in [0, 0.05) is 39.0 Å². The monoisotopic (exact) mass is 231 g/mol. The van der Waals surface area contributed by atoms with Crippen LogP contribution >= 0.6 is 0 Å². The van der Waals surface area contributed by atoms with E-state index in [1.165, 1.54) is 7.11 Å². The number of methoxy groups -OCH3 is 1. The highest BCUT2D eigenvalue weighted by molar-refractivity contribution is 5.69. The molecule has 1 aliphatic heterocycles. The van der Waals surface area contributed by atoms with Gasteiger partial charge in [-0.25, -0.2) is 0 Å². The molecule has 2 N–H and O–H groups in total. The second-order valence-electron chi connectivity index (χ2n) is 4.19. The Hall–Kier alpha value is -0.650. The maximum atomic E-state index is 10.8. The van der Waals surface area contributed by atoms with Crippen LogP contribution in [-0.4, -0.2) is 50.1 Å². The van der Waals surface area contributed by atoms with Crippen LogP contribution < -0.4 is 5.32 Å². The molecule has 5 nitrogen and oxygen atoms in total. The molecule has 0 aromatic carbocycles. The molecule has 1 aliphatic rings. The minimum Gasteiger partial charge on any atom is -0.469 e. The van der Waals surface area contributed by atoms with E-state index < -0.39 is 5.60 Å². The van der Waals surface area contributed by atoms with Crippen molar-refractivity contribution in [3.05, 3.63) is 0 Å². The number of ether oxygens (including phenoxy) is 2. The zero-order valence-electron chi connectivity index (χ0n) is 9.83. The summed E-state index contributed by atoms with van der Waals surface area (Å²) in [6, 6.07) is 0. The van der Waals surface area contributed by atoms with Crippen LogP contribution in [0, 0.1) is 0 Å². The number of hydrogen-bond acceptors (Lipinski definition) is 5. The minimum absolute atomic E-state index is 0.188. The van der Waals surface area contributed by atoms with Gasteiger partial charge in [-0.3, -0.25) is 4.79 Å². The van der Waals surface area contributed by atoms with Gasteiger partial charge in [0.05, 0.1) is 12.7 Å². The molecule has 0 amide bonds. The van der Waals surface area contributed by atoms with Gasteiger partial charge in [0.1, 0.15) is 0 Å². The Morgan fingerprint density at radius 2 is 2.19 bits per heavy atom. The van der Waals surface area contributed by atoms with Crippen molar-refractivity contribution in [2.24, 2.45) is 0 Å². The molecular formula is C11H21NO4. The maximum Gasteiger partial charge on any atom is 0.305 e. The average Bonchev–Trinajstić information content (AvgIpc) is 2.29. The van der Waals surface area contributed by atoms with Gasteiger partial charge in [-0.2, -0.15) is 0 Å². The first-order valence-corrected chi connectivity index (χ1v) is 5.74. The predicted octanol–water partition coefficient (Wildman–Crippen LogP) is 0.0707. The lowest BCUT2D eigenvalue weighted by Crippen LogP contribution is -2.45. The molecule has 0 saturated carbocycles. The first-order valence-electron chi connectivity index (χ1n) is 5.74. The number of esters is 1. The molecule has 94 valence electrons. The molecule has 0 aliphatic carbocycles. The van der Waals surface area contributed by atoms with Crippen LogP contribution in [-0.2, 0) is 14.3 Å². The van der Waals surface area contributed by atoms with Crippen molar-refractivity contribution in [1.29, 1.82) is 0 Å². The Morgan fingerprint density at radius 3 is 2.81 bits per heavy atom. The Kier molecular flexibility index (Phi) is 5.73. The zero-order valence-corrected chi connectivity index (χ0v) is 9.83. The highest BCUT2D eigenvalue weighted by atomic mass is 16.5. The van der Waals surface area contributed by atoms with E-state index in [4.69, 9.17) is 4.74 Å². The van der Waals surface area contributed by atoms with Crippen molar-refractivity contribution in [2.45, 2.75) is 31.3 Å². The molecular weight excluding hydrogens is 210 g/mol. The predicted molar refractivity (Wildman–Crippen MR) is 59.1 cm³/mol. The molecule has 16 heavy (non-hydrogen) atoms. The van der Waals surface area contributed by atoms with Crippen LogP contribution in [0.1, 0.15) is 25.7 Å². The second kappa shape index (κ2) is 6.83. The molecule has 0 radical (unpaired) electrons. The molecule has 0 aromatic rings. The minimum atomic E-state index is -0.635. The van der Waals surface area contributed by atoms with Gasteiger partial charge in [-0.05, 0) is 13.0 Å². The first kappa shape index (κ1) is 13.4. The van der Waals surface area contributed by atoms with Crippen molar-refractivity contribution in [2.75, 3.05) is 33.4 Å². The van der Waals surface area contributed by atoms with Crippen molar-refractivity contribution in [3.8, 4) is 0 Å². The summed E-state index contributed by atoms with van der Waals surface area (Å²) in [5.41, 5.74) is -0.635. The lowest BCUT2D eigenvalue weighted by molar-refractivity contribution is -0.140. The average molecular weight is 231 g/mol. The van der Waals surface area contributed by atoms with E-state index in [1.54, 1.807) is 0 Å². The van der Waals surface area contributed by atoms with E-state index in [-0.39, 0.29) is 5.97 Å². The van der Waals surface area contributed by atoms with E-state index in [1.807, 2.05) is 0 Å². The van der Waals surface area contributed by atoms with Crippen molar-refractivity contribution >= 4 is 5.97 Å². The summed E-state index contributed by atoms with van der Waals surface area (Å²) in [5.74, 6) is -0.188. The Balaban J connectivity index is 2.03. The third-order valence-electron chi connectivity index (χ3n) is 2.84. The molecule has 1 saturated heterocycles. The SMILES string of the molecule is COC(=O)CCCNCC1(O)CCOCC1. The van der Waals surface area contributed by atoms with Crippen molar-refractivity contribution in [1.82, 2.24) is 5.32 Å². The molecule has 1 heterocycles. The third-order valence-corrected chi connectivity index (χ3v) is 2.84. The molecule has 0 atom stereocenters. The summed E-state index contributed by atoms with van der Waals surface area (Å²) in [5, 5.41) is 13.3. The van der Waals surface area contributed by atoms with Crippen LogP contribution in [0.4, 0.5) is 0 Å². The van der Waals surface area contributed by atoms with Crippen LogP contribution in [0.5, 0.6) is 0 Å². The topological polar surface area (TPSA) is 67.8 Å². The smallest absolute Gasteiger partial charge is 0.305 e. The Bertz CT molecular complexity index is 214. The number of aliphatic hydroxyl groups is 1. The van der Waals surface area contributed by atoms with Crippen LogP contribution in [0.3, 0.4) is 0 Å². The van der Waals surface area contributed by atoms with E-state index in [0.717, 1.165) is 13.0 Å². The quantitative estimate of drug-likeness (QED) is 0.500. The van der Waals surface area contributed by atoms with Gasteiger partial charge in [0.2, 0.25) is 0 Å². The summed E-state index contributed by atoms with van der Waals surface area (Å²) in [6.07, 6.45) is 2.51. The molecule has 5 heteroatoms. The van der Waals surface area contributed by atoms with Gasteiger partial charge >= 0.3 is 5.97 Å². The maximum absolute atomic E-state index is 10.8. The van der Waals surface area contributed by atoms with Crippen LogP contribution in [0.2, 0.25) is 0 Å². The zero-order chi connectivity index (χ0) is 11.9. The number of carbonyl (C=O) groups is 1. The van der Waals surface area contributed by atoms with Gasteiger partial charge in [0.15, 0.2) is 0 Å². The number of rotatable bonds is 6. The van der Waals surface area contributed by atoms with Crippen molar-refractivity contribution in [3.63, 3.8) is 0 Å². The standard InChI is InChI=1S/C11H21NO4/c1-15-10(13)3-2-6-12-9-11(14)4-7-16-8-5-11/h12,14H,2-9H2,1H3. The number of hydrogen-bond donors (Lipinski definition) is 2. The van der Waals surface area contributed by atoms with Gasteiger partial charge in [0.25, 0.3) is 0 Å². The molecule has 0 unspecified atom stereocenters. The van der Waals surface area contributed by atoms with E-state index in [0.29, 0.717) is 39.0 Å². The van der Waals surface area contributed by atoms with E-state index in [2.05, 4.69) is 10.1 Å². The highest BCUT2D eigenvalue weighted by Crippen LogP contribution is 2.19. The molecule has 0 spiro atoms. The van der Waals surface area contributed by atoms with E-state index >= 15 is 0 Å². The third kappa shape index (κ3) is 4.92. The lowest BCUT2D eigenvalue weighted by Gasteiger charge is -2.32. The first-order chi connectivity index (χ1) is 7.66. The summed E-state index contributed by atoms with van der Waals surface area (Å²) in [4.78, 5) is 10.8. The van der Waals surface area contributed by atoms with Gasteiger partial charge < -0.3 is 19.9 Å². The fraction of sp³-hybridized carbons (Fsp3) is 0.909. The van der Waals surface area contributed by atoms with Crippen LogP contribution in [0.25, 0.3) is 0 Å². The summed E-state index contributed by atoms with van der Waals surface area (Å²) < 4.78 is 9.72. The lowest BCUT2D eigenvalue weighted by atomic mass is 9.94. The highest BCUT2D eigenvalue weighted by Gasteiger charge is 2.28. The summed E-state index contributed by atoms with van der Waals surface area (Å²) in [7, 11) is 1.39. The number of nitrogens with one attached hydrogen (secondary N) is 1. The molecule has 0 aromatic heterocycles. The van der Waals surface area contributed by atoms with E-state index in [9.17, 15) is 9.90 Å². The van der Waals surface area contributed by atoms with Gasteiger partial charge in [-0.1, -0.05) is 0 Å².